The number of benzene rings is 1. The normalized spacial score (nSPS) is 25.1. The van der Waals surface area contributed by atoms with Gasteiger partial charge in [0.05, 0.1) is 7.11 Å². The van der Waals surface area contributed by atoms with Gasteiger partial charge in [0, 0.05) is 29.9 Å². The number of fused-ring (bicyclic) bond motifs is 1. The summed E-state index contributed by atoms with van der Waals surface area (Å²) in [4.78, 5) is 12.9. The van der Waals surface area contributed by atoms with Crippen LogP contribution in [0.15, 0.2) is 35.8 Å². The minimum atomic E-state index is -0.295. The second kappa shape index (κ2) is 5.47. The van der Waals surface area contributed by atoms with Gasteiger partial charge in [-0.1, -0.05) is 6.07 Å². The molecular formula is C18H20N4O2. The third-order valence-corrected chi connectivity index (χ3v) is 5.16. The fraction of sp³-hybridized carbons (Fsp3) is 0.389. The smallest absolute Gasteiger partial charge is 0.282 e. The maximum Gasteiger partial charge on any atom is 0.282 e. The molecule has 1 aromatic carbocycles. The van der Waals surface area contributed by atoms with Crippen LogP contribution in [0, 0.1) is 0 Å². The fourth-order valence-corrected chi connectivity index (χ4v) is 3.86. The summed E-state index contributed by atoms with van der Waals surface area (Å²) in [5, 5.41) is 0. The number of aliphatic imine (C=N–C) groups is 1. The van der Waals surface area contributed by atoms with Crippen LogP contribution in [-0.2, 0) is 17.6 Å². The molecule has 1 spiro atoms. The number of hydrogen-bond acceptors (Lipinski definition) is 6. The van der Waals surface area contributed by atoms with Gasteiger partial charge >= 0.3 is 0 Å². The number of hydrogen-bond donors (Lipinski definition) is 1. The van der Waals surface area contributed by atoms with Gasteiger partial charge in [-0.15, -0.1) is 0 Å². The summed E-state index contributed by atoms with van der Waals surface area (Å²) in [5.74, 6) is 0.887. The molecule has 4 rings (SSSR count). The third-order valence-electron chi connectivity index (χ3n) is 5.16. The van der Waals surface area contributed by atoms with Gasteiger partial charge in [0.15, 0.2) is 0 Å². The summed E-state index contributed by atoms with van der Waals surface area (Å²) in [6, 6.07) is 4.38. The first-order chi connectivity index (χ1) is 11.6. The van der Waals surface area contributed by atoms with E-state index in [4.69, 9.17) is 15.2 Å². The molecule has 6 heteroatoms. The average molecular weight is 324 g/mol. The zero-order valence-corrected chi connectivity index (χ0v) is 13.8. The summed E-state index contributed by atoms with van der Waals surface area (Å²) >= 11 is 0. The van der Waals surface area contributed by atoms with Gasteiger partial charge in [0.2, 0.25) is 0 Å². The van der Waals surface area contributed by atoms with E-state index in [1.165, 1.54) is 11.1 Å². The van der Waals surface area contributed by atoms with E-state index in [0.29, 0.717) is 0 Å². The van der Waals surface area contributed by atoms with Crippen molar-refractivity contribution in [3.05, 3.63) is 42.0 Å². The Hall–Kier alpha value is -2.63. The number of ether oxygens (including phenoxy) is 2. The van der Waals surface area contributed by atoms with Crippen molar-refractivity contribution in [2.24, 2.45) is 10.7 Å². The Morgan fingerprint density at radius 1 is 1.25 bits per heavy atom. The quantitative estimate of drug-likeness (QED) is 0.915. The number of rotatable bonds is 2. The van der Waals surface area contributed by atoms with Gasteiger partial charge < -0.3 is 15.2 Å². The van der Waals surface area contributed by atoms with Crippen LogP contribution in [0.25, 0.3) is 11.1 Å². The number of nitrogens with two attached hydrogens (primary N) is 1. The molecule has 2 aromatic rings. The summed E-state index contributed by atoms with van der Waals surface area (Å²) in [6.07, 6.45) is 7.75. The van der Waals surface area contributed by atoms with Crippen LogP contribution >= 0.6 is 0 Å². The molecule has 0 radical (unpaired) electrons. The minimum absolute atomic E-state index is 0.0286. The molecule has 2 atom stereocenters. The third kappa shape index (κ3) is 2.21. The predicted molar refractivity (Wildman–Crippen MR) is 90.9 cm³/mol. The molecule has 0 unspecified atom stereocenters. The van der Waals surface area contributed by atoms with Crippen molar-refractivity contribution in [1.82, 2.24) is 9.97 Å². The van der Waals surface area contributed by atoms with Gasteiger partial charge in [-0.2, -0.15) is 0 Å². The van der Waals surface area contributed by atoms with Crippen molar-refractivity contribution in [2.75, 3.05) is 7.11 Å². The van der Waals surface area contributed by atoms with Crippen LogP contribution in [0.5, 0.6) is 5.75 Å². The maximum atomic E-state index is 5.82. The van der Waals surface area contributed by atoms with Gasteiger partial charge in [0.25, 0.3) is 6.02 Å². The molecule has 24 heavy (non-hydrogen) atoms. The highest BCUT2D eigenvalue weighted by atomic mass is 16.5. The molecule has 0 saturated carbocycles. The van der Waals surface area contributed by atoms with Crippen molar-refractivity contribution in [3.63, 3.8) is 0 Å². The van der Waals surface area contributed by atoms with Crippen LogP contribution in [-0.4, -0.2) is 34.7 Å². The molecule has 2 aliphatic rings. The molecule has 0 amide bonds. The monoisotopic (exact) mass is 324 g/mol. The Kier molecular flexibility index (Phi) is 3.40. The minimum Gasteiger partial charge on any atom is -0.496 e. The van der Waals surface area contributed by atoms with E-state index in [-0.39, 0.29) is 17.7 Å². The largest absolute Gasteiger partial charge is 0.496 e. The highest BCUT2D eigenvalue weighted by Gasteiger charge is 2.46. The van der Waals surface area contributed by atoms with Gasteiger partial charge in [0.1, 0.15) is 23.7 Å². The Labute approximate surface area is 140 Å². The zero-order chi connectivity index (χ0) is 16.7. The first-order valence-corrected chi connectivity index (χ1v) is 8.09. The predicted octanol–water partition coefficient (Wildman–Crippen LogP) is 2.11. The van der Waals surface area contributed by atoms with Crippen LogP contribution < -0.4 is 10.5 Å². The topological polar surface area (TPSA) is 82.6 Å². The molecule has 0 bridgehead atoms. The zero-order valence-electron chi connectivity index (χ0n) is 13.8. The number of nitrogens with zero attached hydrogens (tertiary/aromatic N) is 3. The standard InChI is InChI=1S/C18H20N4O2/c1-11-18(22-17(19)24-11)6-5-14-13(12-8-20-10-21-9-12)3-4-16(23-2)15(14)7-18/h3-4,8-11H,5-7H2,1-2H3,(H2,19,22)/t11-,18+/m1/s1. The summed E-state index contributed by atoms with van der Waals surface area (Å²) < 4.78 is 11.2. The lowest BCUT2D eigenvalue weighted by Gasteiger charge is -2.35. The van der Waals surface area contributed by atoms with Crippen LogP contribution in [0.2, 0.25) is 0 Å². The van der Waals surface area contributed by atoms with Crippen molar-refractivity contribution >= 4 is 6.02 Å². The lowest BCUT2D eigenvalue weighted by Crippen LogP contribution is -2.41. The van der Waals surface area contributed by atoms with Crippen molar-refractivity contribution < 1.29 is 9.47 Å². The lowest BCUT2D eigenvalue weighted by molar-refractivity contribution is 0.140. The van der Waals surface area contributed by atoms with E-state index < -0.39 is 0 Å². The number of aromatic nitrogens is 2. The summed E-state index contributed by atoms with van der Waals surface area (Å²) in [5.41, 5.74) is 10.2. The molecule has 6 nitrogen and oxygen atoms in total. The summed E-state index contributed by atoms with van der Waals surface area (Å²) in [7, 11) is 1.70. The number of methoxy groups -OCH3 is 1. The molecular weight excluding hydrogens is 304 g/mol. The van der Waals surface area contributed by atoms with Gasteiger partial charge in [-0.25, -0.2) is 15.0 Å². The fourth-order valence-electron chi connectivity index (χ4n) is 3.86. The van der Waals surface area contributed by atoms with E-state index in [0.717, 1.165) is 36.1 Å². The molecule has 0 saturated heterocycles. The van der Waals surface area contributed by atoms with Gasteiger partial charge in [-0.05, 0) is 37.0 Å². The van der Waals surface area contributed by atoms with Crippen LogP contribution in [0.4, 0.5) is 0 Å². The Morgan fingerprint density at radius 2 is 2.04 bits per heavy atom. The second-order valence-electron chi connectivity index (χ2n) is 6.39. The molecule has 2 N–H and O–H groups in total. The molecule has 1 aromatic heterocycles. The molecule has 0 fully saturated rings. The Balaban J connectivity index is 1.83. The van der Waals surface area contributed by atoms with Gasteiger partial charge in [-0.3, -0.25) is 0 Å². The van der Waals surface area contributed by atoms with Crippen molar-refractivity contribution in [2.45, 2.75) is 37.8 Å². The van der Waals surface area contributed by atoms with E-state index in [2.05, 4.69) is 21.0 Å². The molecule has 2 heterocycles. The van der Waals surface area contributed by atoms with E-state index >= 15 is 0 Å². The van der Waals surface area contributed by atoms with Crippen molar-refractivity contribution in [3.8, 4) is 16.9 Å². The summed E-state index contributed by atoms with van der Waals surface area (Å²) in [6.45, 7) is 2.04. The molecule has 1 aliphatic heterocycles. The van der Waals surface area contributed by atoms with E-state index in [9.17, 15) is 0 Å². The lowest BCUT2D eigenvalue weighted by atomic mass is 9.73. The Morgan fingerprint density at radius 3 is 2.71 bits per heavy atom. The Bertz CT molecular complexity index is 806. The molecule has 1 aliphatic carbocycles. The van der Waals surface area contributed by atoms with E-state index in [1.807, 2.05) is 25.4 Å². The van der Waals surface area contributed by atoms with Crippen LogP contribution in [0.3, 0.4) is 0 Å². The average Bonchev–Trinajstić information content (AvgIpc) is 2.87. The SMILES string of the molecule is COc1ccc(-c2cncnc2)c2c1C[C@]1(CC2)N=C(N)O[C@@H]1C. The second-order valence-corrected chi connectivity index (χ2v) is 6.39. The maximum absolute atomic E-state index is 5.82. The first kappa shape index (κ1) is 14.9. The van der Waals surface area contributed by atoms with E-state index in [1.54, 1.807) is 13.4 Å². The number of amidine groups is 1. The van der Waals surface area contributed by atoms with Crippen LogP contribution in [0.1, 0.15) is 24.5 Å². The highest BCUT2D eigenvalue weighted by Crippen LogP contribution is 2.44. The molecule has 124 valence electrons. The van der Waals surface area contributed by atoms with Crippen molar-refractivity contribution in [1.29, 1.82) is 0 Å². The highest BCUT2D eigenvalue weighted by molar-refractivity contribution is 5.75. The first-order valence-electron chi connectivity index (χ1n) is 8.09.